The maximum atomic E-state index is 15.0. The Kier molecular flexibility index (Phi) is 5.78. The zero-order valence-electron chi connectivity index (χ0n) is 20.6. The zero-order chi connectivity index (χ0) is 24.9. The van der Waals surface area contributed by atoms with Crippen LogP contribution in [0.1, 0.15) is 37.7 Å². The number of halogens is 1. The Balaban J connectivity index is 1.28. The summed E-state index contributed by atoms with van der Waals surface area (Å²) in [7, 11) is 2.07. The molecule has 3 fully saturated rings. The highest BCUT2D eigenvalue weighted by Crippen LogP contribution is 2.44. The quantitative estimate of drug-likeness (QED) is 0.632. The molecule has 190 valence electrons. The van der Waals surface area contributed by atoms with Crippen LogP contribution in [0, 0.1) is 11.2 Å². The molecule has 4 heterocycles. The third-order valence-corrected chi connectivity index (χ3v) is 8.20. The van der Waals surface area contributed by atoms with Crippen LogP contribution >= 0.6 is 0 Å². The lowest BCUT2D eigenvalue weighted by molar-refractivity contribution is -0.140. The highest BCUT2D eigenvalue weighted by Gasteiger charge is 2.56. The van der Waals surface area contributed by atoms with Gasteiger partial charge in [0.15, 0.2) is 0 Å². The predicted octanol–water partition coefficient (Wildman–Crippen LogP) is 2.45. The van der Waals surface area contributed by atoms with Gasteiger partial charge < -0.3 is 20.4 Å². The summed E-state index contributed by atoms with van der Waals surface area (Å²) >= 11 is 0. The number of benzene rings is 1. The lowest BCUT2D eigenvalue weighted by Crippen LogP contribution is -2.56. The van der Waals surface area contributed by atoms with E-state index in [-0.39, 0.29) is 23.7 Å². The number of piperazine rings is 1. The highest BCUT2D eigenvalue weighted by atomic mass is 19.1. The second-order valence-corrected chi connectivity index (χ2v) is 10.5. The van der Waals surface area contributed by atoms with Crippen molar-refractivity contribution in [2.45, 2.75) is 44.6 Å². The Morgan fingerprint density at radius 1 is 1.14 bits per heavy atom. The van der Waals surface area contributed by atoms with Crippen molar-refractivity contribution in [3.8, 4) is 0 Å². The fraction of sp³-hybridized carbons (Fsp3) is 0.538. The Morgan fingerprint density at radius 3 is 2.61 bits per heavy atom. The molecule has 3 aliphatic heterocycles. The van der Waals surface area contributed by atoms with Gasteiger partial charge in [-0.3, -0.25) is 14.5 Å². The van der Waals surface area contributed by atoms with Gasteiger partial charge in [-0.15, -0.1) is 0 Å². The van der Waals surface area contributed by atoms with Crippen LogP contribution in [0.15, 0.2) is 24.4 Å². The number of amides is 2. The number of rotatable bonds is 4. The van der Waals surface area contributed by atoms with Gasteiger partial charge in [-0.25, -0.2) is 9.37 Å². The van der Waals surface area contributed by atoms with Gasteiger partial charge in [0.1, 0.15) is 17.1 Å². The Labute approximate surface area is 210 Å². The monoisotopic (exact) mass is 493 g/mol. The second kappa shape index (κ2) is 8.99. The number of anilines is 4. The first-order valence-electron chi connectivity index (χ1n) is 12.9. The van der Waals surface area contributed by atoms with Crippen molar-refractivity contribution < 1.29 is 14.0 Å². The number of nitrogens with one attached hydrogen (secondary N) is 2. The average molecular weight is 494 g/mol. The maximum absolute atomic E-state index is 15.0. The van der Waals surface area contributed by atoms with Gasteiger partial charge in [0, 0.05) is 62.6 Å². The Bertz CT molecular complexity index is 1190. The molecule has 2 saturated heterocycles. The van der Waals surface area contributed by atoms with E-state index in [0.29, 0.717) is 42.5 Å². The van der Waals surface area contributed by atoms with Crippen molar-refractivity contribution in [2.24, 2.45) is 5.41 Å². The summed E-state index contributed by atoms with van der Waals surface area (Å²) in [5, 5.41) is 5.97. The summed E-state index contributed by atoms with van der Waals surface area (Å²) in [6, 6.07) is 5.12. The van der Waals surface area contributed by atoms with E-state index < -0.39 is 5.41 Å². The number of carbonyl (C=O) groups is 2. The number of hydrogen-bond acceptors (Lipinski definition) is 7. The summed E-state index contributed by atoms with van der Waals surface area (Å²) < 4.78 is 15.0. The van der Waals surface area contributed by atoms with Crippen LogP contribution in [0.5, 0.6) is 0 Å². The van der Waals surface area contributed by atoms with Gasteiger partial charge in [-0.1, -0.05) is 12.8 Å². The van der Waals surface area contributed by atoms with Crippen LogP contribution in [0.3, 0.4) is 0 Å². The molecule has 1 aromatic heterocycles. The number of likely N-dealkylation sites (N-methyl/N-ethyl adjacent to an activating group) is 1. The van der Waals surface area contributed by atoms with Crippen LogP contribution in [0.4, 0.5) is 27.5 Å². The lowest BCUT2D eigenvalue weighted by Gasteiger charge is -2.40. The third-order valence-electron chi connectivity index (χ3n) is 8.20. The Morgan fingerprint density at radius 2 is 1.92 bits per heavy atom. The van der Waals surface area contributed by atoms with E-state index in [0.717, 1.165) is 57.4 Å². The molecule has 1 aromatic carbocycles. The maximum Gasteiger partial charge on any atom is 0.244 e. The smallest absolute Gasteiger partial charge is 0.244 e. The Hall–Kier alpha value is -3.27. The fourth-order valence-corrected chi connectivity index (χ4v) is 6.08. The van der Waals surface area contributed by atoms with Crippen molar-refractivity contribution >= 4 is 35.0 Å². The first-order chi connectivity index (χ1) is 17.4. The molecule has 36 heavy (non-hydrogen) atoms. The summed E-state index contributed by atoms with van der Waals surface area (Å²) in [4.78, 5) is 41.8. The van der Waals surface area contributed by atoms with E-state index >= 15 is 4.39 Å². The minimum absolute atomic E-state index is 0.0323. The van der Waals surface area contributed by atoms with Crippen LogP contribution in [-0.2, 0) is 16.0 Å². The predicted molar refractivity (Wildman–Crippen MR) is 135 cm³/mol. The molecule has 9 nitrogen and oxygen atoms in total. The van der Waals surface area contributed by atoms with Gasteiger partial charge in [0.25, 0.3) is 0 Å². The summed E-state index contributed by atoms with van der Waals surface area (Å²) in [5.74, 6) is 0.246. The molecular formula is C26H32FN7O2. The molecular weight excluding hydrogens is 461 g/mol. The molecule has 0 radical (unpaired) electrons. The third kappa shape index (κ3) is 3.87. The molecule has 0 bridgehead atoms. The number of nitrogens with zero attached hydrogens (tertiary/aromatic N) is 5. The van der Waals surface area contributed by atoms with E-state index in [1.807, 2.05) is 6.07 Å². The minimum Gasteiger partial charge on any atom is -0.367 e. The van der Waals surface area contributed by atoms with Crippen LogP contribution in [-0.4, -0.2) is 72.5 Å². The molecule has 6 rings (SSSR count). The first-order valence-corrected chi connectivity index (χ1v) is 12.9. The van der Waals surface area contributed by atoms with Crippen LogP contribution < -0.4 is 20.4 Å². The zero-order valence-corrected chi connectivity index (χ0v) is 20.6. The van der Waals surface area contributed by atoms with Crippen LogP contribution in [0.2, 0.25) is 0 Å². The second-order valence-electron chi connectivity index (χ2n) is 10.5. The number of fused-ring (bicyclic) bond motifs is 1. The first kappa shape index (κ1) is 23.1. The van der Waals surface area contributed by atoms with E-state index in [2.05, 4.69) is 32.5 Å². The van der Waals surface area contributed by atoms with E-state index in [1.165, 1.54) is 6.07 Å². The minimum atomic E-state index is -1.06. The van der Waals surface area contributed by atoms with E-state index in [9.17, 15) is 9.59 Å². The molecule has 2 aromatic rings. The highest BCUT2D eigenvalue weighted by molar-refractivity contribution is 6.14. The molecule has 1 spiro atoms. The summed E-state index contributed by atoms with van der Waals surface area (Å²) in [6.45, 7) is 3.90. The molecule has 1 unspecified atom stereocenters. The van der Waals surface area contributed by atoms with Crippen molar-refractivity contribution in [3.63, 3.8) is 0 Å². The topological polar surface area (TPSA) is 93.7 Å². The molecule has 1 atom stereocenters. The van der Waals surface area contributed by atoms with Gasteiger partial charge in [0.05, 0.1) is 5.69 Å². The molecule has 10 heteroatoms. The SMILES string of the molecule is CN1CCN(c2ccc(Nc3ncc4c(n3)N(C3CCCC3)C(=O)C3(CCNC3=O)C4)cc2F)CC1. The molecule has 1 aliphatic carbocycles. The molecule has 4 aliphatic rings. The molecule has 2 N–H and O–H groups in total. The molecule has 1 saturated carbocycles. The van der Waals surface area contributed by atoms with E-state index in [4.69, 9.17) is 4.98 Å². The largest absolute Gasteiger partial charge is 0.367 e. The van der Waals surface area contributed by atoms with Crippen molar-refractivity contribution in [1.29, 1.82) is 0 Å². The van der Waals surface area contributed by atoms with Crippen molar-refractivity contribution in [3.05, 3.63) is 35.8 Å². The fourth-order valence-electron chi connectivity index (χ4n) is 6.08. The number of carbonyl (C=O) groups excluding carboxylic acids is 2. The van der Waals surface area contributed by atoms with Crippen molar-refractivity contribution in [2.75, 3.05) is 54.9 Å². The number of hydrogen-bond donors (Lipinski definition) is 2. The normalized spacial score (nSPS) is 24.9. The number of aromatic nitrogens is 2. The van der Waals surface area contributed by atoms with Gasteiger partial charge in [0.2, 0.25) is 17.8 Å². The van der Waals surface area contributed by atoms with Gasteiger partial charge in [-0.2, -0.15) is 4.98 Å². The van der Waals surface area contributed by atoms with Crippen LogP contribution in [0.25, 0.3) is 0 Å². The van der Waals surface area contributed by atoms with E-state index in [1.54, 1.807) is 17.2 Å². The van der Waals surface area contributed by atoms with Gasteiger partial charge in [-0.05, 0) is 44.5 Å². The lowest BCUT2D eigenvalue weighted by atomic mass is 9.76. The standard InChI is InChI=1S/C26H32FN7O2/c1-32-10-12-33(13-11-32)21-7-6-18(14-20(21)27)30-25-29-16-17-15-26(8-9-28-23(26)35)24(36)34(22(17)31-25)19-4-2-3-5-19/h6-7,14,16,19H,2-5,8-13,15H2,1H3,(H,28,35)(H,29,30,31). The summed E-state index contributed by atoms with van der Waals surface area (Å²) in [5.41, 5.74) is 0.890. The summed E-state index contributed by atoms with van der Waals surface area (Å²) in [6.07, 6.45) is 6.41. The average Bonchev–Trinajstić information content (AvgIpc) is 3.52. The van der Waals surface area contributed by atoms with Crippen molar-refractivity contribution in [1.82, 2.24) is 20.2 Å². The van der Waals surface area contributed by atoms with Gasteiger partial charge >= 0.3 is 0 Å². The molecule has 2 amide bonds.